The molecule has 0 aliphatic carbocycles. The number of carbonyl (C=O) groups excluding carboxylic acids is 1. The van der Waals surface area contributed by atoms with E-state index < -0.39 is 0 Å². The summed E-state index contributed by atoms with van der Waals surface area (Å²) in [5, 5.41) is 0. The van der Waals surface area contributed by atoms with Crippen molar-refractivity contribution in [2.45, 2.75) is 25.8 Å². The number of aryl methyl sites for hydroxylation is 1. The Hall–Kier alpha value is -1.31. The fourth-order valence-electron chi connectivity index (χ4n) is 2.21. The molecule has 0 bridgehead atoms. The maximum Gasteiger partial charge on any atom is 0.210 e. The summed E-state index contributed by atoms with van der Waals surface area (Å²) in [5.41, 5.74) is 2.59. The van der Waals surface area contributed by atoms with Crippen molar-refractivity contribution in [1.82, 2.24) is 4.90 Å². The summed E-state index contributed by atoms with van der Waals surface area (Å²) in [7, 11) is 0. The van der Waals surface area contributed by atoms with Crippen LogP contribution in [0.15, 0.2) is 24.3 Å². The van der Waals surface area contributed by atoms with Crippen molar-refractivity contribution >= 4 is 6.41 Å². The molecule has 1 saturated heterocycles. The van der Waals surface area contributed by atoms with Crippen molar-refractivity contribution < 1.29 is 4.79 Å². The topological polar surface area (TPSA) is 20.3 Å². The highest BCUT2D eigenvalue weighted by Gasteiger charge is 2.25. The average molecular weight is 189 g/mol. The molecule has 0 radical (unpaired) electrons. The van der Waals surface area contributed by atoms with Crippen molar-refractivity contribution in [1.29, 1.82) is 0 Å². The lowest BCUT2D eigenvalue weighted by molar-refractivity contribution is -0.118. The highest BCUT2D eigenvalue weighted by Crippen LogP contribution is 2.31. The van der Waals surface area contributed by atoms with Crippen LogP contribution in [0.2, 0.25) is 0 Å². The van der Waals surface area contributed by atoms with Crippen molar-refractivity contribution in [2.24, 2.45) is 0 Å². The third kappa shape index (κ3) is 1.52. The Labute approximate surface area is 84.5 Å². The van der Waals surface area contributed by atoms with E-state index in [2.05, 4.69) is 19.1 Å². The molecule has 2 heteroatoms. The second-order valence-electron chi connectivity index (χ2n) is 3.86. The van der Waals surface area contributed by atoms with Crippen LogP contribution in [0.4, 0.5) is 0 Å². The highest BCUT2D eigenvalue weighted by molar-refractivity contribution is 5.50. The zero-order valence-electron chi connectivity index (χ0n) is 8.44. The molecule has 0 N–H and O–H groups in total. The Bertz CT molecular complexity index is 335. The zero-order chi connectivity index (χ0) is 9.97. The first kappa shape index (κ1) is 9.25. The molecule has 1 amide bonds. The van der Waals surface area contributed by atoms with Crippen LogP contribution < -0.4 is 0 Å². The van der Waals surface area contributed by atoms with Crippen LogP contribution >= 0.6 is 0 Å². The number of benzene rings is 1. The fraction of sp³-hybridized carbons (Fsp3) is 0.417. The molecule has 1 atom stereocenters. The molecule has 1 unspecified atom stereocenters. The lowest BCUT2D eigenvalue weighted by Crippen LogP contribution is -2.21. The molecule has 1 fully saturated rings. The number of hydrogen-bond donors (Lipinski definition) is 0. The predicted octanol–water partition coefficient (Wildman–Crippen LogP) is 2.29. The van der Waals surface area contributed by atoms with Crippen LogP contribution in [0.1, 0.15) is 30.0 Å². The maximum atomic E-state index is 10.8. The van der Waals surface area contributed by atoms with Gasteiger partial charge in [-0.2, -0.15) is 0 Å². The molecular formula is C12H15NO. The number of hydrogen-bond acceptors (Lipinski definition) is 1. The van der Waals surface area contributed by atoms with Gasteiger partial charge in [-0.3, -0.25) is 4.79 Å². The van der Waals surface area contributed by atoms with E-state index in [1.54, 1.807) is 0 Å². The van der Waals surface area contributed by atoms with Gasteiger partial charge in [0.2, 0.25) is 6.41 Å². The summed E-state index contributed by atoms with van der Waals surface area (Å²) in [6.45, 7) is 3.01. The van der Waals surface area contributed by atoms with Gasteiger partial charge in [-0.1, -0.05) is 24.3 Å². The molecule has 0 spiro atoms. The molecule has 2 rings (SSSR count). The van der Waals surface area contributed by atoms with E-state index in [0.29, 0.717) is 6.04 Å². The van der Waals surface area contributed by atoms with Gasteiger partial charge in [0.25, 0.3) is 0 Å². The maximum absolute atomic E-state index is 10.8. The first-order valence-electron chi connectivity index (χ1n) is 5.09. The van der Waals surface area contributed by atoms with Crippen molar-refractivity contribution in [2.75, 3.05) is 6.54 Å². The Kier molecular flexibility index (Phi) is 2.53. The minimum atomic E-state index is 0.314. The SMILES string of the molecule is Cc1ccccc1C1CCCN1C=O. The van der Waals surface area contributed by atoms with Crippen molar-refractivity contribution in [3.05, 3.63) is 35.4 Å². The molecular weight excluding hydrogens is 174 g/mol. The Balaban J connectivity index is 2.30. The van der Waals surface area contributed by atoms with E-state index in [-0.39, 0.29) is 0 Å². The van der Waals surface area contributed by atoms with Gasteiger partial charge in [-0.15, -0.1) is 0 Å². The molecule has 1 aromatic carbocycles. The normalized spacial score (nSPS) is 21.2. The number of likely N-dealkylation sites (tertiary alicyclic amines) is 1. The first-order chi connectivity index (χ1) is 6.83. The monoisotopic (exact) mass is 189 g/mol. The Morgan fingerprint density at radius 1 is 1.43 bits per heavy atom. The van der Waals surface area contributed by atoms with E-state index in [1.165, 1.54) is 11.1 Å². The lowest BCUT2D eigenvalue weighted by atomic mass is 10.00. The number of carbonyl (C=O) groups is 1. The van der Waals surface area contributed by atoms with Crippen LogP contribution in [0, 0.1) is 6.92 Å². The molecule has 2 nitrogen and oxygen atoms in total. The third-order valence-corrected chi connectivity index (χ3v) is 2.98. The molecule has 74 valence electrons. The minimum Gasteiger partial charge on any atom is -0.338 e. The number of nitrogens with zero attached hydrogens (tertiary/aromatic N) is 1. The van der Waals surface area contributed by atoms with E-state index in [1.807, 2.05) is 17.0 Å². The van der Waals surface area contributed by atoms with Crippen LogP contribution in [-0.4, -0.2) is 17.9 Å². The number of rotatable bonds is 2. The molecule has 0 aromatic heterocycles. The van der Waals surface area contributed by atoms with Crippen LogP contribution in [0.25, 0.3) is 0 Å². The highest BCUT2D eigenvalue weighted by atomic mass is 16.1. The van der Waals surface area contributed by atoms with Crippen LogP contribution in [-0.2, 0) is 4.79 Å². The summed E-state index contributed by atoms with van der Waals surface area (Å²) >= 11 is 0. The van der Waals surface area contributed by atoms with Gasteiger partial charge >= 0.3 is 0 Å². The standard InChI is InChI=1S/C12H15NO/c1-10-5-2-3-6-11(10)12-7-4-8-13(12)9-14/h2-3,5-6,9,12H,4,7-8H2,1H3. The van der Waals surface area contributed by atoms with Gasteiger partial charge in [0.15, 0.2) is 0 Å². The van der Waals surface area contributed by atoms with Crippen molar-refractivity contribution in [3.8, 4) is 0 Å². The average Bonchev–Trinajstić information content (AvgIpc) is 2.66. The quantitative estimate of drug-likeness (QED) is 0.654. The van der Waals surface area contributed by atoms with E-state index in [4.69, 9.17) is 0 Å². The van der Waals surface area contributed by atoms with Gasteiger partial charge in [-0.25, -0.2) is 0 Å². The smallest absolute Gasteiger partial charge is 0.210 e. The van der Waals surface area contributed by atoms with Crippen molar-refractivity contribution in [3.63, 3.8) is 0 Å². The fourth-order valence-corrected chi connectivity index (χ4v) is 2.21. The van der Waals surface area contributed by atoms with Gasteiger partial charge in [-0.05, 0) is 30.9 Å². The minimum absolute atomic E-state index is 0.314. The van der Waals surface area contributed by atoms with Gasteiger partial charge in [0.1, 0.15) is 0 Å². The third-order valence-electron chi connectivity index (χ3n) is 2.98. The summed E-state index contributed by atoms with van der Waals surface area (Å²) in [4.78, 5) is 12.7. The second kappa shape index (κ2) is 3.82. The van der Waals surface area contributed by atoms with Gasteiger partial charge < -0.3 is 4.90 Å². The van der Waals surface area contributed by atoms with Gasteiger partial charge in [0, 0.05) is 6.54 Å². The summed E-state index contributed by atoms with van der Waals surface area (Å²) in [6.07, 6.45) is 3.20. The lowest BCUT2D eigenvalue weighted by Gasteiger charge is -2.21. The summed E-state index contributed by atoms with van der Waals surface area (Å²) in [5.74, 6) is 0. The molecule has 1 aliphatic heterocycles. The van der Waals surface area contributed by atoms with Crippen LogP contribution in [0.3, 0.4) is 0 Å². The molecule has 0 saturated carbocycles. The molecule has 1 aromatic rings. The van der Waals surface area contributed by atoms with E-state index in [0.717, 1.165) is 25.8 Å². The Morgan fingerprint density at radius 2 is 2.21 bits per heavy atom. The first-order valence-corrected chi connectivity index (χ1v) is 5.09. The summed E-state index contributed by atoms with van der Waals surface area (Å²) in [6, 6.07) is 8.63. The molecule has 1 heterocycles. The van der Waals surface area contributed by atoms with Crippen LogP contribution in [0.5, 0.6) is 0 Å². The largest absolute Gasteiger partial charge is 0.338 e. The second-order valence-corrected chi connectivity index (χ2v) is 3.86. The summed E-state index contributed by atoms with van der Waals surface area (Å²) < 4.78 is 0. The molecule has 1 aliphatic rings. The van der Waals surface area contributed by atoms with E-state index >= 15 is 0 Å². The zero-order valence-corrected chi connectivity index (χ0v) is 8.44. The van der Waals surface area contributed by atoms with E-state index in [9.17, 15) is 4.79 Å². The van der Waals surface area contributed by atoms with Gasteiger partial charge in [0.05, 0.1) is 6.04 Å². The predicted molar refractivity (Wildman–Crippen MR) is 55.9 cm³/mol. The number of amides is 1. The Morgan fingerprint density at radius 3 is 2.93 bits per heavy atom. The molecule has 14 heavy (non-hydrogen) atoms.